The smallest absolute Gasteiger partial charge is 0.281 e. The minimum absolute atomic E-state index is 0.133. The molecule has 1 N–H and O–H groups in total. The highest BCUT2D eigenvalue weighted by atomic mass is 16.1. The molecular weight excluding hydrogens is 348 g/mol. The van der Waals surface area contributed by atoms with Crippen LogP contribution in [0.3, 0.4) is 0 Å². The van der Waals surface area contributed by atoms with Crippen molar-refractivity contribution in [3.8, 4) is 0 Å². The Hall–Kier alpha value is -3.47. The van der Waals surface area contributed by atoms with Crippen molar-refractivity contribution in [3.05, 3.63) is 106 Å². The van der Waals surface area contributed by atoms with Gasteiger partial charge < -0.3 is 5.43 Å². The molecule has 2 heterocycles. The summed E-state index contributed by atoms with van der Waals surface area (Å²) in [5.41, 5.74) is 7.85. The molecule has 2 aromatic carbocycles. The van der Waals surface area contributed by atoms with Crippen LogP contribution in [0.15, 0.2) is 77.9 Å². The van der Waals surface area contributed by atoms with Crippen LogP contribution in [0.4, 0.5) is 0 Å². The number of nitrogens with zero attached hydrogens (tertiary/aromatic N) is 3. The van der Waals surface area contributed by atoms with Crippen LogP contribution < -0.4 is 11.0 Å². The summed E-state index contributed by atoms with van der Waals surface area (Å²) in [6.07, 6.45) is 3.25. The molecule has 0 bridgehead atoms. The number of aryl methyl sites for hydroxylation is 3. The van der Waals surface area contributed by atoms with E-state index < -0.39 is 0 Å². The minimum Gasteiger partial charge on any atom is -0.317 e. The third-order valence-corrected chi connectivity index (χ3v) is 4.83. The molecule has 5 nitrogen and oxygen atoms in total. The first kappa shape index (κ1) is 17.9. The van der Waals surface area contributed by atoms with E-state index in [-0.39, 0.29) is 5.56 Å². The van der Waals surface area contributed by atoms with Crippen molar-refractivity contribution in [2.75, 3.05) is 5.43 Å². The Labute approximate surface area is 163 Å². The number of rotatable bonds is 6. The summed E-state index contributed by atoms with van der Waals surface area (Å²) in [6, 6.07) is 22.2. The topological polar surface area (TPSA) is 59.8 Å². The third-order valence-electron chi connectivity index (χ3n) is 4.83. The van der Waals surface area contributed by atoms with Crippen LogP contribution in [-0.2, 0) is 19.4 Å². The molecular formula is C23H22N4O. The monoisotopic (exact) mass is 370 g/mol. The molecule has 0 aliphatic carbocycles. The molecule has 5 heteroatoms. The largest absolute Gasteiger partial charge is 0.317 e. The maximum Gasteiger partial charge on any atom is 0.281 e. The van der Waals surface area contributed by atoms with E-state index in [9.17, 15) is 4.79 Å². The molecule has 0 unspecified atom stereocenters. The van der Waals surface area contributed by atoms with Gasteiger partial charge in [0, 0.05) is 5.69 Å². The Balaban J connectivity index is 1.56. The van der Waals surface area contributed by atoms with Gasteiger partial charge in [0.15, 0.2) is 5.65 Å². The van der Waals surface area contributed by atoms with Gasteiger partial charge in [-0.3, -0.25) is 4.79 Å². The van der Waals surface area contributed by atoms with Crippen molar-refractivity contribution in [1.82, 2.24) is 14.6 Å². The van der Waals surface area contributed by atoms with E-state index in [2.05, 4.69) is 27.5 Å². The van der Waals surface area contributed by atoms with Gasteiger partial charge in [-0.05, 0) is 42.5 Å². The van der Waals surface area contributed by atoms with Crippen LogP contribution in [0.5, 0.6) is 0 Å². The van der Waals surface area contributed by atoms with Gasteiger partial charge >= 0.3 is 0 Å². The van der Waals surface area contributed by atoms with E-state index in [1.807, 2.05) is 61.5 Å². The Morgan fingerprint density at radius 3 is 2.32 bits per heavy atom. The van der Waals surface area contributed by atoms with E-state index in [0.29, 0.717) is 17.6 Å². The lowest BCUT2D eigenvalue weighted by Crippen LogP contribution is -2.29. The normalized spacial score (nSPS) is 10.9. The van der Waals surface area contributed by atoms with E-state index in [4.69, 9.17) is 0 Å². The van der Waals surface area contributed by atoms with Crippen LogP contribution in [-0.4, -0.2) is 14.6 Å². The minimum atomic E-state index is -0.133. The van der Waals surface area contributed by atoms with Crippen molar-refractivity contribution in [1.29, 1.82) is 0 Å². The summed E-state index contributed by atoms with van der Waals surface area (Å²) in [7, 11) is 0. The van der Waals surface area contributed by atoms with Gasteiger partial charge in [0.1, 0.15) is 6.33 Å². The van der Waals surface area contributed by atoms with Crippen molar-refractivity contribution in [2.45, 2.75) is 26.3 Å². The molecule has 0 spiro atoms. The fourth-order valence-corrected chi connectivity index (χ4v) is 3.24. The van der Waals surface area contributed by atoms with Crippen LogP contribution in [0.1, 0.15) is 22.4 Å². The molecule has 28 heavy (non-hydrogen) atoms. The summed E-state index contributed by atoms with van der Waals surface area (Å²) in [4.78, 5) is 21.9. The van der Waals surface area contributed by atoms with Crippen molar-refractivity contribution >= 4 is 11.0 Å². The molecule has 0 saturated heterocycles. The van der Waals surface area contributed by atoms with Crippen LogP contribution in [0.2, 0.25) is 0 Å². The number of aromatic nitrogens is 3. The number of fused-ring (bicyclic) bond motifs is 1. The molecule has 0 amide bonds. The molecule has 4 aromatic rings. The molecule has 0 saturated carbocycles. The van der Waals surface area contributed by atoms with Gasteiger partial charge in [0.25, 0.3) is 5.56 Å². The van der Waals surface area contributed by atoms with Crippen molar-refractivity contribution < 1.29 is 0 Å². The predicted molar refractivity (Wildman–Crippen MR) is 112 cm³/mol. The lowest BCUT2D eigenvalue weighted by Gasteiger charge is -2.11. The first-order valence-electron chi connectivity index (χ1n) is 9.40. The summed E-state index contributed by atoms with van der Waals surface area (Å²) >= 11 is 0. The molecule has 0 aliphatic heterocycles. The second-order valence-corrected chi connectivity index (χ2v) is 6.85. The van der Waals surface area contributed by atoms with Crippen LogP contribution >= 0.6 is 0 Å². The highest BCUT2D eigenvalue weighted by Gasteiger charge is 2.10. The maximum absolute atomic E-state index is 12.8. The molecule has 0 aliphatic rings. The number of benzene rings is 2. The van der Waals surface area contributed by atoms with Gasteiger partial charge in [-0.25, -0.2) is 14.6 Å². The lowest BCUT2D eigenvalue weighted by molar-refractivity contribution is 0.787. The number of hydrogen-bond acceptors (Lipinski definition) is 4. The maximum atomic E-state index is 12.8. The summed E-state index contributed by atoms with van der Waals surface area (Å²) in [5.74, 6) is 0. The summed E-state index contributed by atoms with van der Waals surface area (Å²) < 4.78 is 1.43. The first-order valence-corrected chi connectivity index (χ1v) is 9.40. The SMILES string of the molecule is Cc1cc2c(=O)n(NCc3ccccc3)cnc2nc1CCc1ccccc1. The highest BCUT2D eigenvalue weighted by Crippen LogP contribution is 2.14. The summed E-state index contributed by atoms with van der Waals surface area (Å²) in [6.45, 7) is 2.55. The first-order chi connectivity index (χ1) is 13.7. The van der Waals surface area contributed by atoms with Gasteiger partial charge in [-0.15, -0.1) is 0 Å². The summed E-state index contributed by atoms with van der Waals surface area (Å²) in [5, 5.41) is 0.532. The molecule has 140 valence electrons. The van der Waals surface area contributed by atoms with E-state index in [1.54, 1.807) is 0 Å². The Kier molecular flexibility index (Phi) is 5.15. The Morgan fingerprint density at radius 1 is 0.929 bits per heavy atom. The second kappa shape index (κ2) is 8.05. The zero-order chi connectivity index (χ0) is 19.3. The van der Waals surface area contributed by atoms with Crippen LogP contribution in [0.25, 0.3) is 11.0 Å². The average Bonchev–Trinajstić information content (AvgIpc) is 2.74. The average molecular weight is 370 g/mol. The predicted octanol–water partition coefficient (Wildman–Crippen LogP) is 3.63. The molecule has 0 atom stereocenters. The van der Waals surface area contributed by atoms with E-state index in [0.717, 1.165) is 29.7 Å². The van der Waals surface area contributed by atoms with Crippen molar-refractivity contribution in [2.24, 2.45) is 0 Å². The zero-order valence-corrected chi connectivity index (χ0v) is 15.8. The van der Waals surface area contributed by atoms with Gasteiger partial charge in [-0.1, -0.05) is 60.7 Å². The number of hydrogen-bond donors (Lipinski definition) is 1. The second-order valence-electron chi connectivity index (χ2n) is 6.85. The van der Waals surface area contributed by atoms with Crippen LogP contribution in [0, 0.1) is 6.92 Å². The standard InChI is InChI=1S/C23H22N4O/c1-17-14-20-22(26-21(17)13-12-18-8-4-2-5-9-18)24-16-27(23(20)28)25-15-19-10-6-3-7-11-19/h2-11,14,16,25H,12-13,15H2,1H3. The Morgan fingerprint density at radius 2 is 1.61 bits per heavy atom. The quantitative estimate of drug-likeness (QED) is 0.563. The van der Waals surface area contributed by atoms with E-state index in [1.165, 1.54) is 16.6 Å². The zero-order valence-electron chi connectivity index (χ0n) is 15.8. The van der Waals surface area contributed by atoms with E-state index >= 15 is 0 Å². The third kappa shape index (κ3) is 3.93. The molecule has 0 radical (unpaired) electrons. The van der Waals surface area contributed by atoms with Gasteiger partial charge in [0.05, 0.1) is 11.9 Å². The molecule has 2 aromatic heterocycles. The fourth-order valence-electron chi connectivity index (χ4n) is 3.24. The highest BCUT2D eigenvalue weighted by molar-refractivity contribution is 5.74. The Bertz CT molecular complexity index is 1140. The number of nitrogens with one attached hydrogen (secondary N) is 1. The number of pyridine rings is 1. The lowest BCUT2D eigenvalue weighted by atomic mass is 10.0. The van der Waals surface area contributed by atoms with Gasteiger partial charge in [0.2, 0.25) is 0 Å². The molecule has 4 rings (SSSR count). The van der Waals surface area contributed by atoms with Crippen molar-refractivity contribution in [3.63, 3.8) is 0 Å². The van der Waals surface area contributed by atoms with Gasteiger partial charge in [-0.2, -0.15) is 0 Å². The molecule has 0 fully saturated rings. The fraction of sp³-hybridized carbons (Fsp3) is 0.174.